The molecule has 0 N–H and O–H groups in total. The van der Waals surface area contributed by atoms with Gasteiger partial charge in [-0.25, -0.2) is 0 Å². The summed E-state index contributed by atoms with van der Waals surface area (Å²) in [6.07, 6.45) is 5.72. The first-order valence-electron chi connectivity index (χ1n) is 11.8. The number of carbonyl (C=O) groups is 1. The maximum Gasteiger partial charge on any atom is 0.222 e. The lowest BCUT2D eigenvalue weighted by molar-refractivity contribution is -0.133. The number of ether oxygens (including phenoxy) is 1. The number of hydrogen-bond acceptors (Lipinski definition) is 3. The molecule has 1 aliphatic heterocycles. The van der Waals surface area contributed by atoms with Gasteiger partial charge in [0.1, 0.15) is 11.9 Å². The molecule has 3 aromatic rings. The molecule has 0 bridgehead atoms. The molecule has 0 radical (unpaired) electrons. The molecule has 1 aliphatic carbocycles. The van der Waals surface area contributed by atoms with Crippen LogP contribution in [0.2, 0.25) is 0 Å². The van der Waals surface area contributed by atoms with E-state index in [1.54, 1.807) is 0 Å². The summed E-state index contributed by atoms with van der Waals surface area (Å²) >= 11 is 0. The highest BCUT2D eigenvalue weighted by Gasteiger charge is 2.46. The fraction of sp³-hybridized carbons (Fsp3) is 0.429. The van der Waals surface area contributed by atoms with Crippen molar-refractivity contribution in [1.29, 1.82) is 0 Å². The molecule has 166 valence electrons. The Morgan fingerprint density at radius 1 is 1.09 bits per heavy atom. The summed E-state index contributed by atoms with van der Waals surface area (Å²) in [5, 5.41) is 1.17. The molecule has 2 fully saturated rings. The number of amides is 1. The second kappa shape index (κ2) is 8.23. The number of likely N-dealkylation sites (tertiary alicyclic amines) is 1. The number of pyridine rings is 1. The van der Waals surface area contributed by atoms with E-state index in [4.69, 9.17) is 4.74 Å². The van der Waals surface area contributed by atoms with Crippen LogP contribution in [0.5, 0.6) is 5.75 Å². The number of fused-ring (bicyclic) bond motifs is 1. The van der Waals surface area contributed by atoms with E-state index in [0.29, 0.717) is 23.7 Å². The molecule has 0 unspecified atom stereocenters. The summed E-state index contributed by atoms with van der Waals surface area (Å²) in [5.41, 5.74) is 4.99. The van der Waals surface area contributed by atoms with Crippen LogP contribution >= 0.6 is 0 Å². The Morgan fingerprint density at radius 3 is 2.50 bits per heavy atom. The molecular formula is C28H32N2O2. The van der Waals surface area contributed by atoms with Gasteiger partial charge in [-0.1, -0.05) is 44.2 Å². The number of rotatable bonds is 5. The van der Waals surface area contributed by atoms with Crippen molar-refractivity contribution in [2.75, 3.05) is 13.1 Å². The predicted molar refractivity (Wildman–Crippen MR) is 129 cm³/mol. The van der Waals surface area contributed by atoms with Gasteiger partial charge in [-0.15, -0.1) is 0 Å². The van der Waals surface area contributed by atoms with E-state index in [9.17, 15) is 4.79 Å². The van der Waals surface area contributed by atoms with Gasteiger partial charge in [0.15, 0.2) is 0 Å². The van der Waals surface area contributed by atoms with Crippen LogP contribution in [-0.4, -0.2) is 35.0 Å². The Hall–Kier alpha value is -2.88. The van der Waals surface area contributed by atoms with Crippen molar-refractivity contribution < 1.29 is 9.53 Å². The van der Waals surface area contributed by atoms with Crippen molar-refractivity contribution in [3.05, 3.63) is 60.3 Å². The van der Waals surface area contributed by atoms with Gasteiger partial charge < -0.3 is 9.64 Å². The number of carbonyl (C=O) groups excluding carboxylic acids is 1. The molecule has 1 amide bonds. The quantitative estimate of drug-likeness (QED) is 0.499. The maximum absolute atomic E-state index is 12.6. The summed E-state index contributed by atoms with van der Waals surface area (Å²) in [4.78, 5) is 19.2. The molecule has 2 aromatic carbocycles. The highest BCUT2D eigenvalue weighted by atomic mass is 16.5. The largest absolute Gasteiger partial charge is 0.490 e. The van der Waals surface area contributed by atoms with Crippen molar-refractivity contribution in [3.8, 4) is 16.9 Å². The van der Waals surface area contributed by atoms with Crippen LogP contribution in [0.25, 0.3) is 22.0 Å². The third-order valence-corrected chi connectivity index (χ3v) is 7.43. The highest BCUT2D eigenvalue weighted by Crippen LogP contribution is 2.53. The monoisotopic (exact) mass is 428 g/mol. The van der Waals surface area contributed by atoms with Crippen LogP contribution in [0.15, 0.2) is 54.7 Å². The zero-order valence-electron chi connectivity index (χ0n) is 19.3. The zero-order chi connectivity index (χ0) is 22.3. The van der Waals surface area contributed by atoms with Crippen LogP contribution < -0.4 is 4.74 Å². The molecular weight excluding hydrogens is 396 g/mol. The molecule has 4 nitrogen and oxygen atoms in total. The fourth-order valence-corrected chi connectivity index (χ4v) is 5.00. The molecule has 1 atom stereocenters. The topological polar surface area (TPSA) is 42.4 Å². The minimum Gasteiger partial charge on any atom is -0.490 e. The lowest BCUT2D eigenvalue weighted by atomic mass is 9.98. The van der Waals surface area contributed by atoms with Gasteiger partial charge >= 0.3 is 0 Å². The summed E-state index contributed by atoms with van der Waals surface area (Å²) in [5.74, 6) is 1.79. The molecule has 2 heterocycles. The van der Waals surface area contributed by atoms with E-state index < -0.39 is 0 Å². The van der Waals surface area contributed by atoms with Crippen molar-refractivity contribution in [1.82, 2.24) is 9.88 Å². The molecule has 32 heavy (non-hydrogen) atoms. The summed E-state index contributed by atoms with van der Waals surface area (Å²) in [7, 11) is 0. The molecule has 1 saturated carbocycles. The van der Waals surface area contributed by atoms with Crippen molar-refractivity contribution in [3.63, 3.8) is 0 Å². The number of benzene rings is 2. The Morgan fingerprint density at radius 2 is 1.81 bits per heavy atom. The molecule has 2 aliphatic rings. The lowest BCUT2D eigenvalue weighted by Crippen LogP contribution is -2.42. The third-order valence-electron chi connectivity index (χ3n) is 7.43. The minimum absolute atomic E-state index is 0.175. The normalized spacial score (nSPS) is 20.3. The Kier molecular flexibility index (Phi) is 5.40. The van der Waals surface area contributed by atoms with Gasteiger partial charge in [0, 0.05) is 43.9 Å². The van der Waals surface area contributed by atoms with Crippen LogP contribution in [-0.2, 0) is 4.79 Å². The van der Waals surface area contributed by atoms with E-state index in [-0.39, 0.29) is 6.10 Å². The van der Waals surface area contributed by atoms with E-state index in [2.05, 4.69) is 68.2 Å². The van der Waals surface area contributed by atoms with Gasteiger partial charge in [0.2, 0.25) is 5.91 Å². The third kappa shape index (κ3) is 4.23. The Labute approximate surface area is 190 Å². The maximum atomic E-state index is 12.6. The van der Waals surface area contributed by atoms with E-state index in [1.165, 1.54) is 28.5 Å². The molecule has 1 aromatic heterocycles. The van der Waals surface area contributed by atoms with Gasteiger partial charge in [0.25, 0.3) is 0 Å². The van der Waals surface area contributed by atoms with Crippen LogP contribution in [0.4, 0.5) is 0 Å². The molecule has 1 saturated heterocycles. The zero-order valence-corrected chi connectivity index (χ0v) is 19.3. The first kappa shape index (κ1) is 21.0. The van der Waals surface area contributed by atoms with Crippen LogP contribution in [0.3, 0.4) is 0 Å². The van der Waals surface area contributed by atoms with Crippen molar-refractivity contribution in [2.24, 2.45) is 11.3 Å². The first-order valence-corrected chi connectivity index (χ1v) is 11.8. The fourth-order valence-electron chi connectivity index (χ4n) is 5.00. The first-order chi connectivity index (χ1) is 15.4. The standard InChI is InChI=1S/C28H32N2O2/c1-19-25(11-8-21-5-4-14-29-27(19)21)20-6-9-23(10-7-20)32-24-12-15-30(16-13-24)26(31)17-22-18-28(22,2)3/h4-11,14,22,24H,12-13,15-18H2,1-3H3/t22-/m0/s1. The summed E-state index contributed by atoms with van der Waals surface area (Å²) < 4.78 is 6.25. The van der Waals surface area contributed by atoms with E-state index >= 15 is 0 Å². The summed E-state index contributed by atoms with van der Waals surface area (Å²) in [6, 6.07) is 16.8. The summed E-state index contributed by atoms with van der Waals surface area (Å²) in [6.45, 7) is 8.26. The number of nitrogens with zero attached hydrogens (tertiary/aromatic N) is 2. The van der Waals surface area contributed by atoms with Crippen LogP contribution in [0, 0.1) is 18.3 Å². The Bertz CT molecular complexity index is 1130. The highest BCUT2D eigenvalue weighted by molar-refractivity contribution is 5.88. The molecule has 0 spiro atoms. The number of aryl methyl sites for hydroxylation is 1. The van der Waals surface area contributed by atoms with Gasteiger partial charge in [-0.2, -0.15) is 0 Å². The van der Waals surface area contributed by atoms with Crippen molar-refractivity contribution >= 4 is 16.8 Å². The lowest BCUT2D eigenvalue weighted by Gasteiger charge is -2.32. The average molecular weight is 429 g/mol. The minimum atomic E-state index is 0.175. The molecule has 5 rings (SSSR count). The van der Waals surface area contributed by atoms with E-state index in [1.807, 2.05) is 17.2 Å². The smallest absolute Gasteiger partial charge is 0.222 e. The number of piperidine rings is 1. The van der Waals surface area contributed by atoms with Crippen LogP contribution in [0.1, 0.15) is 45.1 Å². The van der Waals surface area contributed by atoms with Gasteiger partial charge in [-0.3, -0.25) is 9.78 Å². The average Bonchev–Trinajstić information content (AvgIpc) is 3.40. The predicted octanol–water partition coefficient (Wildman–Crippen LogP) is 6.02. The van der Waals surface area contributed by atoms with E-state index in [0.717, 1.165) is 37.2 Å². The second-order valence-electron chi connectivity index (χ2n) is 10.1. The molecule has 4 heteroatoms. The van der Waals surface area contributed by atoms with Gasteiger partial charge in [0.05, 0.1) is 5.52 Å². The number of hydrogen-bond donors (Lipinski definition) is 0. The second-order valence-corrected chi connectivity index (χ2v) is 10.1. The van der Waals surface area contributed by atoms with Crippen molar-refractivity contribution in [2.45, 2.75) is 52.6 Å². The van der Waals surface area contributed by atoms with Gasteiger partial charge in [-0.05, 0) is 59.6 Å². The SMILES string of the molecule is Cc1c(-c2ccc(OC3CCN(C(=O)C[C@H]4CC4(C)C)CC3)cc2)ccc2cccnc12. The number of aromatic nitrogens is 1. The Balaban J connectivity index is 1.18.